The number of nitrogens with zero attached hydrogens (tertiary/aromatic N) is 5. The van der Waals surface area contributed by atoms with Crippen LogP contribution in [0.4, 0.5) is 23.0 Å². The molecule has 2 aliphatic rings. The summed E-state index contributed by atoms with van der Waals surface area (Å²) >= 11 is 0. The molecule has 0 aliphatic carbocycles. The van der Waals surface area contributed by atoms with Gasteiger partial charge in [-0.1, -0.05) is 24.8 Å². The van der Waals surface area contributed by atoms with E-state index >= 15 is 0 Å². The number of carbonyl (C=O) groups excluding carboxylic acids is 1. The van der Waals surface area contributed by atoms with Crippen molar-refractivity contribution in [3.05, 3.63) is 73.6 Å². The van der Waals surface area contributed by atoms with Crippen LogP contribution < -0.4 is 20.3 Å². The summed E-state index contributed by atoms with van der Waals surface area (Å²) in [6.45, 7) is 7.90. The molecule has 9 heteroatoms. The van der Waals surface area contributed by atoms with E-state index in [0.29, 0.717) is 29.1 Å². The van der Waals surface area contributed by atoms with Crippen molar-refractivity contribution >= 4 is 39.8 Å². The third kappa shape index (κ3) is 5.24. The third-order valence-corrected chi connectivity index (χ3v) is 7.96. The van der Waals surface area contributed by atoms with Gasteiger partial charge in [-0.15, -0.1) is 0 Å². The van der Waals surface area contributed by atoms with Crippen LogP contribution in [-0.2, 0) is 4.79 Å². The molecule has 40 heavy (non-hydrogen) atoms. The van der Waals surface area contributed by atoms with E-state index in [9.17, 15) is 4.79 Å². The Morgan fingerprint density at radius 1 is 1.05 bits per heavy atom. The molecular formula is C31H35N7O2. The summed E-state index contributed by atoms with van der Waals surface area (Å²) in [6, 6.07) is 16.6. The van der Waals surface area contributed by atoms with Crippen LogP contribution in [0.1, 0.15) is 25.7 Å². The first kappa shape index (κ1) is 25.9. The van der Waals surface area contributed by atoms with Crippen molar-refractivity contribution in [2.24, 2.45) is 0 Å². The fourth-order valence-electron chi connectivity index (χ4n) is 5.91. The lowest BCUT2D eigenvalue weighted by atomic mass is 10.0. The van der Waals surface area contributed by atoms with Gasteiger partial charge in [0.2, 0.25) is 11.9 Å². The molecule has 0 unspecified atom stereocenters. The summed E-state index contributed by atoms with van der Waals surface area (Å²) in [5.74, 6) is 1.56. The number of hydrogen-bond donors (Lipinski definition) is 2. The predicted octanol–water partition coefficient (Wildman–Crippen LogP) is 5.36. The minimum atomic E-state index is -0.262. The Kier molecular flexibility index (Phi) is 7.37. The molecular weight excluding hydrogens is 502 g/mol. The normalized spacial score (nSPS) is 16.3. The monoisotopic (exact) mass is 537 g/mol. The SMILES string of the molecule is C=CC(=O)Nc1cc(Nc2nccc(-n3ccc4ccccc43)n2)c(OC)cc1N1CCC(N2CCCC2)CC1. The zero-order valence-corrected chi connectivity index (χ0v) is 22.8. The van der Waals surface area contributed by atoms with Crippen molar-refractivity contribution < 1.29 is 9.53 Å². The summed E-state index contributed by atoms with van der Waals surface area (Å²) in [5, 5.41) is 7.46. The zero-order valence-electron chi connectivity index (χ0n) is 22.8. The summed E-state index contributed by atoms with van der Waals surface area (Å²) in [5.41, 5.74) is 3.36. The minimum Gasteiger partial charge on any atom is -0.494 e. The van der Waals surface area contributed by atoms with E-state index in [-0.39, 0.29) is 5.91 Å². The molecule has 0 atom stereocenters. The molecule has 0 radical (unpaired) electrons. The van der Waals surface area contributed by atoms with Crippen molar-refractivity contribution in [2.75, 3.05) is 48.8 Å². The van der Waals surface area contributed by atoms with Crippen LogP contribution in [0, 0.1) is 0 Å². The number of likely N-dealkylation sites (tertiary alicyclic amines) is 1. The molecule has 0 bridgehead atoms. The second kappa shape index (κ2) is 11.4. The average Bonchev–Trinajstić information content (AvgIpc) is 3.68. The molecule has 2 aromatic heterocycles. The summed E-state index contributed by atoms with van der Waals surface area (Å²) < 4.78 is 7.84. The van der Waals surface area contributed by atoms with Crippen LogP contribution in [0.5, 0.6) is 5.75 Å². The lowest BCUT2D eigenvalue weighted by Gasteiger charge is -2.38. The van der Waals surface area contributed by atoms with Crippen molar-refractivity contribution in [2.45, 2.75) is 31.7 Å². The number of methoxy groups -OCH3 is 1. The molecule has 1 amide bonds. The van der Waals surface area contributed by atoms with Crippen LogP contribution in [0.25, 0.3) is 16.7 Å². The van der Waals surface area contributed by atoms with Gasteiger partial charge in [-0.25, -0.2) is 4.98 Å². The molecule has 6 rings (SSSR count). The van der Waals surface area contributed by atoms with Crippen LogP contribution in [0.3, 0.4) is 0 Å². The van der Waals surface area contributed by atoms with Gasteiger partial charge in [0.1, 0.15) is 11.6 Å². The Bertz CT molecular complexity index is 1520. The molecule has 2 N–H and O–H groups in total. The lowest BCUT2D eigenvalue weighted by Crippen LogP contribution is -2.44. The summed E-state index contributed by atoms with van der Waals surface area (Å²) in [6.07, 6.45) is 9.83. The number of para-hydroxylation sites is 1. The highest BCUT2D eigenvalue weighted by Gasteiger charge is 2.28. The van der Waals surface area contributed by atoms with E-state index in [1.165, 1.54) is 32.0 Å². The van der Waals surface area contributed by atoms with Gasteiger partial charge in [-0.05, 0) is 74.5 Å². The van der Waals surface area contributed by atoms with Crippen molar-refractivity contribution in [3.8, 4) is 11.6 Å². The minimum absolute atomic E-state index is 0.262. The average molecular weight is 538 g/mol. The molecule has 0 saturated carbocycles. The fraction of sp³-hybridized carbons (Fsp3) is 0.323. The van der Waals surface area contributed by atoms with E-state index < -0.39 is 0 Å². The van der Waals surface area contributed by atoms with Gasteiger partial charge in [0.15, 0.2) is 0 Å². The number of carbonyl (C=O) groups is 1. The third-order valence-electron chi connectivity index (χ3n) is 7.96. The van der Waals surface area contributed by atoms with Gasteiger partial charge in [-0.2, -0.15) is 4.98 Å². The Morgan fingerprint density at radius 2 is 1.85 bits per heavy atom. The number of benzene rings is 2. The van der Waals surface area contributed by atoms with Crippen LogP contribution in [0.15, 0.2) is 73.6 Å². The van der Waals surface area contributed by atoms with E-state index in [1.807, 2.05) is 41.1 Å². The van der Waals surface area contributed by atoms with Crippen LogP contribution >= 0.6 is 0 Å². The first-order valence-electron chi connectivity index (χ1n) is 13.9. The van der Waals surface area contributed by atoms with Gasteiger partial charge in [0, 0.05) is 37.6 Å². The first-order chi connectivity index (χ1) is 19.6. The van der Waals surface area contributed by atoms with E-state index in [4.69, 9.17) is 9.72 Å². The van der Waals surface area contributed by atoms with Gasteiger partial charge < -0.3 is 29.7 Å². The van der Waals surface area contributed by atoms with Crippen LogP contribution in [0.2, 0.25) is 0 Å². The maximum Gasteiger partial charge on any atom is 0.247 e. The molecule has 4 heterocycles. The van der Waals surface area contributed by atoms with Crippen molar-refractivity contribution in [3.63, 3.8) is 0 Å². The highest BCUT2D eigenvalue weighted by atomic mass is 16.5. The maximum absolute atomic E-state index is 12.4. The number of fused-ring (bicyclic) bond motifs is 1. The smallest absolute Gasteiger partial charge is 0.247 e. The fourth-order valence-corrected chi connectivity index (χ4v) is 5.91. The zero-order chi connectivity index (χ0) is 27.5. The quantitative estimate of drug-likeness (QED) is 0.293. The van der Waals surface area contributed by atoms with Crippen molar-refractivity contribution in [1.82, 2.24) is 19.4 Å². The molecule has 2 fully saturated rings. The maximum atomic E-state index is 12.4. The Labute approximate surface area is 234 Å². The standard InChI is InChI=1S/C31H35N7O2/c1-3-30(39)33-24-20-25(28(40-2)21-27(24)37-17-12-23(13-18-37)36-15-6-7-16-36)34-31-32-14-10-29(35-31)38-19-11-22-8-4-5-9-26(22)38/h3-5,8-11,14,19-21,23H,1,6-7,12-13,15-18H2,2H3,(H,33,39)(H,32,34,35). The number of aromatic nitrogens is 3. The van der Waals surface area contributed by atoms with Gasteiger partial charge in [0.25, 0.3) is 0 Å². The predicted molar refractivity (Wildman–Crippen MR) is 160 cm³/mol. The van der Waals surface area contributed by atoms with Gasteiger partial charge in [0.05, 0.1) is 29.7 Å². The first-order valence-corrected chi connectivity index (χ1v) is 13.9. The topological polar surface area (TPSA) is 87.5 Å². The highest BCUT2D eigenvalue weighted by molar-refractivity contribution is 6.02. The Balaban J connectivity index is 1.28. The lowest BCUT2D eigenvalue weighted by molar-refractivity contribution is -0.111. The van der Waals surface area contributed by atoms with Crippen LogP contribution in [-0.4, -0.2) is 64.7 Å². The number of anilines is 4. The summed E-state index contributed by atoms with van der Waals surface area (Å²) in [4.78, 5) is 26.6. The number of rotatable bonds is 8. The highest BCUT2D eigenvalue weighted by Crippen LogP contribution is 2.39. The molecule has 4 aromatic rings. The second-order valence-corrected chi connectivity index (χ2v) is 10.3. The van der Waals surface area contributed by atoms with Gasteiger partial charge >= 0.3 is 0 Å². The van der Waals surface area contributed by atoms with Crippen molar-refractivity contribution in [1.29, 1.82) is 0 Å². The number of amides is 1. The molecule has 206 valence electrons. The largest absolute Gasteiger partial charge is 0.494 e. The Hall–Kier alpha value is -4.37. The number of hydrogen-bond acceptors (Lipinski definition) is 7. The van der Waals surface area contributed by atoms with Gasteiger partial charge in [-0.3, -0.25) is 4.79 Å². The van der Waals surface area contributed by atoms with E-state index in [2.05, 4.69) is 50.2 Å². The summed E-state index contributed by atoms with van der Waals surface area (Å²) in [7, 11) is 1.65. The molecule has 9 nitrogen and oxygen atoms in total. The molecule has 2 saturated heterocycles. The molecule has 2 aliphatic heterocycles. The molecule has 2 aromatic carbocycles. The van der Waals surface area contributed by atoms with E-state index in [0.717, 1.165) is 48.3 Å². The molecule has 0 spiro atoms. The van der Waals surface area contributed by atoms with E-state index in [1.54, 1.807) is 13.3 Å². The number of ether oxygens (including phenoxy) is 1. The number of nitrogens with one attached hydrogen (secondary N) is 2. The Morgan fingerprint density at radius 3 is 2.62 bits per heavy atom. The number of piperidine rings is 1. The second-order valence-electron chi connectivity index (χ2n) is 10.3.